The summed E-state index contributed by atoms with van der Waals surface area (Å²) in [7, 11) is 0. The molecule has 0 bridgehead atoms. The lowest BCUT2D eigenvalue weighted by atomic mass is 10.1. The molecular formula is C17H31N3. The Balaban J connectivity index is 3.05. The first-order valence-corrected chi connectivity index (χ1v) is 8.06. The highest BCUT2D eigenvalue weighted by atomic mass is 15.2. The van der Waals surface area contributed by atoms with Crippen LogP contribution in [-0.2, 0) is 6.54 Å². The Kier molecular flexibility index (Phi) is 7.60. The molecule has 1 heterocycles. The molecule has 0 amide bonds. The van der Waals surface area contributed by atoms with Gasteiger partial charge in [-0.3, -0.25) is 0 Å². The van der Waals surface area contributed by atoms with Crippen LogP contribution in [-0.4, -0.2) is 24.6 Å². The predicted octanol–water partition coefficient (Wildman–Crippen LogP) is 3.82. The van der Waals surface area contributed by atoms with E-state index in [0.717, 1.165) is 44.7 Å². The maximum Gasteiger partial charge on any atom is 0.133 e. The van der Waals surface area contributed by atoms with Gasteiger partial charge in [-0.1, -0.05) is 20.8 Å². The molecule has 3 heteroatoms. The van der Waals surface area contributed by atoms with Crippen LogP contribution >= 0.6 is 0 Å². The standard InChI is InChI=1S/C17H31N3/c1-6-9-18-13-16-14(4)12-15(5)19-17(16)20(10-7-2)11-8-3/h12,18H,6-11,13H2,1-5H3. The Morgan fingerprint density at radius 1 is 1.05 bits per heavy atom. The van der Waals surface area contributed by atoms with Crippen molar-refractivity contribution < 1.29 is 0 Å². The molecule has 0 radical (unpaired) electrons. The van der Waals surface area contributed by atoms with Gasteiger partial charge < -0.3 is 10.2 Å². The van der Waals surface area contributed by atoms with Gasteiger partial charge in [-0.05, 0) is 51.3 Å². The van der Waals surface area contributed by atoms with Crippen LogP contribution in [0.1, 0.15) is 56.9 Å². The van der Waals surface area contributed by atoms with Gasteiger partial charge in [0.2, 0.25) is 0 Å². The Morgan fingerprint density at radius 3 is 2.25 bits per heavy atom. The minimum absolute atomic E-state index is 0.923. The van der Waals surface area contributed by atoms with E-state index in [2.05, 4.69) is 50.9 Å². The monoisotopic (exact) mass is 277 g/mol. The van der Waals surface area contributed by atoms with Crippen LogP contribution in [0, 0.1) is 13.8 Å². The maximum atomic E-state index is 4.84. The summed E-state index contributed by atoms with van der Waals surface area (Å²) >= 11 is 0. The van der Waals surface area contributed by atoms with Crippen molar-refractivity contribution >= 4 is 5.82 Å². The summed E-state index contributed by atoms with van der Waals surface area (Å²) in [5, 5.41) is 3.52. The van der Waals surface area contributed by atoms with E-state index in [9.17, 15) is 0 Å². The minimum atomic E-state index is 0.923. The Bertz CT molecular complexity index is 395. The predicted molar refractivity (Wildman–Crippen MR) is 88.5 cm³/mol. The molecule has 0 atom stereocenters. The molecule has 0 aromatic carbocycles. The van der Waals surface area contributed by atoms with Gasteiger partial charge in [-0.2, -0.15) is 0 Å². The van der Waals surface area contributed by atoms with Crippen molar-refractivity contribution in [1.82, 2.24) is 10.3 Å². The number of aromatic nitrogens is 1. The van der Waals surface area contributed by atoms with E-state index in [1.54, 1.807) is 0 Å². The van der Waals surface area contributed by atoms with Crippen molar-refractivity contribution in [3.63, 3.8) is 0 Å². The highest BCUT2D eigenvalue weighted by molar-refractivity contribution is 5.51. The van der Waals surface area contributed by atoms with Crippen molar-refractivity contribution in [1.29, 1.82) is 0 Å². The lowest BCUT2D eigenvalue weighted by molar-refractivity contribution is 0.661. The Labute approximate surface area is 124 Å². The van der Waals surface area contributed by atoms with Gasteiger partial charge in [-0.15, -0.1) is 0 Å². The quantitative estimate of drug-likeness (QED) is 0.695. The molecule has 0 aliphatic rings. The van der Waals surface area contributed by atoms with Crippen molar-refractivity contribution in [3.05, 3.63) is 22.9 Å². The van der Waals surface area contributed by atoms with Crippen LogP contribution in [0.2, 0.25) is 0 Å². The zero-order chi connectivity index (χ0) is 15.0. The molecule has 0 saturated heterocycles. The zero-order valence-electron chi connectivity index (χ0n) is 13.9. The van der Waals surface area contributed by atoms with E-state index in [1.807, 2.05) is 0 Å². The van der Waals surface area contributed by atoms with Gasteiger partial charge in [0.1, 0.15) is 5.82 Å². The largest absolute Gasteiger partial charge is 0.356 e. The lowest BCUT2D eigenvalue weighted by Crippen LogP contribution is -2.29. The second-order valence-electron chi connectivity index (χ2n) is 5.55. The third kappa shape index (κ3) is 4.78. The molecule has 0 spiro atoms. The first kappa shape index (κ1) is 17.0. The first-order chi connectivity index (χ1) is 9.63. The third-order valence-corrected chi connectivity index (χ3v) is 3.47. The van der Waals surface area contributed by atoms with Gasteiger partial charge in [-0.25, -0.2) is 4.98 Å². The summed E-state index contributed by atoms with van der Waals surface area (Å²) in [5.74, 6) is 1.19. The summed E-state index contributed by atoms with van der Waals surface area (Å²) in [4.78, 5) is 7.28. The van der Waals surface area contributed by atoms with E-state index in [1.165, 1.54) is 23.4 Å². The smallest absolute Gasteiger partial charge is 0.133 e. The molecule has 0 fully saturated rings. The SMILES string of the molecule is CCCNCc1c(C)cc(C)nc1N(CCC)CCC. The van der Waals surface area contributed by atoms with E-state index in [4.69, 9.17) is 4.98 Å². The van der Waals surface area contributed by atoms with Gasteiger partial charge in [0.05, 0.1) is 0 Å². The van der Waals surface area contributed by atoms with Crippen molar-refractivity contribution in [3.8, 4) is 0 Å². The van der Waals surface area contributed by atoms with Gasteiger partial charge >= 0.3 is 0 Å². The second-order valence-corrected chi connectivity index (χ2v) is 5.55. The van der Waals surface area contributed by atoms with Crippen molar-refractivity contribution in [2.45, 2.75) is 60.4 Å². The average Bonchev–Trinajstić information content (AvgIpc) is 2.40. The van der Waals surface area contributed by atoms with Crippen molar-refractivity contribution in [2.75, 3.05) is 24.5 Å². The number of nitrogens with one attached hydrogen (secondary N) is 1. The fraction of sp³-hybridized carbons (Fsp3) is 0.706. The summed E-state index contributed by atoms with van der Waals surface area (Å²) in [5.41, 5.74) is 3.84. The van der Waals surface area contributed by atoms with Crippen LogP contribution in [0.15, 0.2) is 6.07 Å². The molecule has 1 aromatic rings. The molecule has 20 heavy (non-hydrogen) atoms. The molecular weight excluding hydrogens is 246 g/mol. The van der Waals surface area contributed by atoms with Crippen LogP contribution < -0.4 is 10.2 Å². The maximum absolute atomic E-state index is 4.84. The fourth-order valence-electron chi connectivity index (χ4n) is 2.58. The molecule has 1 N–H and O–H groups in total. The van der Waals surface area contributed by atoms with Crippen molar-refractivity contribution in [2.24, 2.45) is 0 Å². The molecule has 0 saturated carbocycles. The summed E-state index contributed by atoms with van der Waals surface area (Å²) in [6.07, 6.45) is 3.49. The van der Waals surface area contributed by atoms with E-state index in [-0.39, 0.29) is 0 Å². The number of pyridine rings is 1. The van der Waals surface area contributed by atoms with E-state index < -0.39 is 0 Å². The number of hydrogen-bond acceptors (Lipinski definition) is 3. The van der Waals surface area contributed by atoms with Crippen LogP contribution in [0.25, 0.3) is 0 Å². The highest BCUT2D eigenvalue weighted by Crippen LogP contribution is 2.23. The molecule has 1 aromatic heterocycles. The molecule has 0 unspecified atom stereocenters. The van der Waals surface area contributed by atoms with Gasteiger partial charge in [0.25, 0.3) is 0 Å². The normalized spacial score (nSPS) is 10.8. The molecule has 114 valence electrons. The zero-order valence-corrected chi connectivity index (χ0v) is 13.9. The lowest BCUT2D eigenvalue weighted by Gasteiger charge is -2.26. The van der Waals surface area contributed by atoms with E-state index in [0.29, 0.717) is 0 Å². The number of nitrogens with zero attached hydrogens (tertiary/aromatic N) is 2. The Morgan fingerprint density at radius 2 is 1.70 bits per heavy atom. The minimum Gasteiger partial charge on any atom is -0.356 e. The third-order valence-electron chi connectivity index (χ3n) is 3.47. The van der Waals surface area contributed by atoms with Crippen LogP contribution in [0.5, 0.6) is 0 Å². The Hall–Kier alpha value is -1.09. The number of anilines is 1. The fourth-order valence-corrected chi connectivity index (χ4v) is 2.58. The second kappa shape index (κ2) is 8.96. The number of rotatable bonds is 9. The first-order valence-electron chi connectivity index (χ1n) is 8.06. The molecule has 0 aliphatic heterocycles. The van der Waals surface area contributed by atoms with Gasteiger partial charge in [0, 0.05) is 30.9 Å². The molecule has 3 nitrogen and oxygen atoms in total. The summed E-state index contributed by atoms with van der Waals surface area (Å²) in [6, 6.07) is 2.20. The van der Waals surface area contributed by atoms with Crippen LogP contribution in [0.3, 0.4) is 0 Å². The number of hydrogen-bond donors (Lipinski definition) is 1. The number of aryl methyl sites for hydroxylation is 2. The summed E-state index contributed by atoms with van der Waals surface area (Å²) < 4.78 is 0. The topological polar surface area (TPSA) is 28.2 Å². The molecule has 1 rings (SSSR count). The summed E-state index contributed by atoms with van der Waals surface area (Å²) in [6.45, 7) is 15.1. The average molecular weight is 277 g/mol. The molecule has 0 aliphatic carbocycles. The van der Waals surface area contributed by atoms with E-state index >= 15 is 0 Å². The van der Waals surface area contributed by atoms with Crippen LogP contribution in [0.4, 0.5) is 5.82 Å². The van der Waals surface area contributed by atoms with Gasteiger partial charge in [0.15, 0.2) is 0 Å². The highest BCUT2D eigenvalue weighted by Gasteiger charge is 2.14.